The first-order valence-corrected chi connectivity index (χ1v) is 5.05. The molecule has 0 N–H and O–H groups in total. The predicted octanol–water partition coefficient (Wildman–Crippen LogP) is 4.47. The van der Waals surface area contributed by atoms with E-state index < -0.39 is 11.7 Å². The Labute approximate surface area is 89.3 Å². The van der Waals surface area contributed by atoms with Gasteiger partial charge in [-0.05, 0) is 31.5 Å². The van der Waals surface area contributed by atoms with E-state index in [0.29, 0.717) is 11.1 Å². The molecule has 1 unspecified atom stereocenters. The van der Waals surface area contributed by atoms with Crippen molar-refractivity contribution in [2.45, 2.75) is 24.9 Å². The van der Waals surface area contributed by atoms with Gasteiger partial charge in [-0.2, -0.15) is 13.2 Å². The van der Waals surface area contributed by atoms with Crippen LogP contribution in [-0.4, -0.2) is 0 Å². The summed E-state index contributed by atoms with van der Waals surface area (Å²) in [4.78, 5) is -0.0662. The molecule has 0 amide bonds. The highest BCUT2D eigenvalue weighted by atomic mass is 79.9. The first-order chi connectivity index (χ1) is 6.30. The molecule has 4 heteroatoms. The molecule has 0 aliphatic carbocycles. The maximum Gasteiger partial charge on any atom is 0.416 e. The molecule has 1 aromatic rings. The Kier molecular flexibility index (Phi) is 3.24. The lowest BCUT2D eigenvalue weighted by atomic mass is 10.0. The van der Waals surface area contributed by atoms with E-state index in [9.17, 15) is 13.2 Å². The molecule has 0 spiro atoms. The number of rotatable bonds is 1. The van der Waals surface area contributed by atoms with E-state index in [2.05, 4.69) is 15.9 Å². The summed E-state index contributed by atoms with van der Waals surface area (Å²) in [5, 5.41) is 0. The van der Waals surface area contributed by atoms with E-state index in [4.69, 9.17) is 0 Å². The number of hydrogen-bond donors (Lipinski definition) is 0. The first-order valence-electron chi connectivity index (χ1n) is 4.13. The number of hydrogen-bond acceptors (Lipinski definition) is 0. The van der Waals surface area contributed by atoms with Gasteiger partial charge < -0.3 is 0 Å². The molecule has 1 atom stereocenters. The molecule has 0 radical (unpaired) electrons. The van der Waals surface area contributed by atoms with E-state index in [-0.39, 0.29) is 4.83 Å². The van der Waals surface area contributed by atoms with Crippen LogP contribution in [0.2, 0.25) is 0 Å². The van der Waals surface area contributed by atoms with Crippen molar-refractivity contribution in [1.82, 2.24) is 0 Å². The van der Waals surface area contributed by atoms with E-state index >= 15 is 0 Å². The van der Waals surface area contributed by atoms with Crippen molar-refractivity contribution in [1.29, 1.82) is 0 Å². The van der Waals surface area contributed by atoms with Gasteiger partial charge >= 0.3 is 6.18 Å². The number of alkyl halides is 4. The fraction of sp³-hybridized carbons (Fsp3) is 0.400. The normalized spacial score (nSPS) is 14.1. The summed E-state index contributed by atoms with van der Waals surface area (Å²) >= 11 is 3.25. The highest BCUT2D eigenvalue weighted by Gasteiger charge is 2.31. The molecular weight excluding hydrogens is 257 g/mol. The zero-order chi connectivity index (χ0) is 10.9. The third-order valence-corrected chi connectivity index (χ3v) is 2.41. The van der Waals surface area contributed by atoms with Crippen LogP contribution in [0.25, 0.3) is 0 Å². The highest BCUT2D eigenvalue weighted by molar-refractivity contribution is 9.09. The van der Waals surface area contributed by atoms with E-state index in [1.165, 1.54) is 6.07 Å². The predicted molar refractivity (Wildman–Crippen MR) is 53.5 cm³/mol. The Bertz CT molecular complexity index is 329. The molecule has 0 aliphatic heterocycles. The van der Waals surface area contributed by atoms with Gasteiger partial charge in [0.05, 0.1) is 5.56 Å². The van der Waals surface area contributed by atoms with Gasteiger partial charge in [-0.3, -0.25) is 0 Å². The van der Waals surface area contributed by atoms with Crippen molar-refractivity contribution in [3.63, 3.8) is 0 Å². The van der Waals surface area contributed by atoms with Gasteiger partial charge in [0.1, 0.15) is 0 Å². The molecular formula is C10H10BrF3. The Balaban J connectivity index is 3.21. The lowest BCUT2D eigenvalue weighted by Gasteiger charge is -2.11. The van der Waals surface area contributed by atoms with Crippen LogP contribution in [0.3, 0.4) is 0 Å². The third kappa shape index (κ3) is 2.74. The molecule has 14 heavy (non-hydrogen) atoms. The molecule has 0 saturated heterocycles. The van der Waals surface area contributed by atoms with Crippen LogP contribution in [0.5, 0.6) is 0 Å². The van der Waals surface area contributed by atoms with Crippen molar-refractivity contribution in [2.24, 2.45) is 0 Å². The summed E-state index contributed by atoms with van der Waals surface area (Å²) in [6, 6.07) is 4.07. The van der Waals surface area contributed by atoms with Crippen LogP contribution in [0.15, 0.2) is 18.2 Å². The van der Waals surface area contributed by atoms with Crippen molar-refractivity contribution in [3.8, 4) is 0 Å². The maximum atomic E-state index is 12.4. The Morgan fingerprint density at radius 1 is 1.21 bits per heavy atom. The van der Waals surface area contributed by atoms with Gasteiger partial charge in [-0.1, -0.05) is 27.6 Å². The molecule has 0 aromatic heterocycles. The Morgan fingerprint density at radius 2 is 1.79 bits per heavy atom. The van der Waals surface area contributed by atoms with Gasteiger partial charge in [-0.15, -0.1) is 0 Å². The van der Waals surface area contributed by atoms with Gasteiger partial charge in [0.2, 0.25) is 0 Å². The SMILES string of the molecule is Cc1cc(C(C)Br)cc(C(F)(F)F)c1. The Morgan fingerprint density at radius 3 is 2.21 bits per heavy atom. The molecule has 1 aromatic carbocycles. The topological polar surface area (TPSA) is 0 Å². The van der Waals surface area contributed by atoms with Gasteiger partial charge in [-0.25, -0.2) is 0 Å². The van der Waals surface area contributed by atoms with Gasteiger partial charge in [0, 0.05) is 4.83 Å². The zero-order valence-electron chi connectivity index (χ0n) is 7.82. The average Bonchev–Trinajstić information content (AvgIpc) is 2.01. The van der Waals surface area contributed by atoms with E-state index in [1.807, 2.05) is 0 Å². The summed E-state index contributed by atoms with van der Waals surface area (Å²) in [5.74, 6) is 0. The van der Waals surface area contributed by atoms with Crippen molar-refractivity contribution in [3.05, 3.63) is 34.9 Å². The average molecular weight is 267 g/mol. The second-order valence-electron chi connectivity index (χ2n) is 3.25. The molecule has 0 heterocycles. The minimum absolute atomic E-state index is 0.0662. The summed E-state index contributed by atoms with van der Waals surface area (Å²) in [5.41, 5.74) is 0.692. The second kappa shape index (κ2) is 3.93. The minimum Gasteiger partial charge on any atom is -0.166 e. The third-order valence-electron chi connectivity index (χ3n) is 1.89. The molecule has 0 saturated carbocycles. The smallest absolute Gasteiger partial charge is 0.166 e. The van der Waals surface area contributed by atoms with Crippen molar-refractivity contribution in [2.75, 3.05) is 0 Å². The standard InChI is InChI=1S/C10H10BrF3/c1-6-3-8(7(2)11)5-9(4-6)10(12,13)14/h3-5,7H,1-2H3. The number of benzene rings is 1. The largest absolute Gasteiger partial charge is 0.416 e. The van der Waals surface area contributed by atoms with Crippen molar-refractivity contribution < 1.29 is 13.2 Å². The van der Waals surface area contributed by atoms with Crippen LogP contribution in [0, 0.1) is 6.92 Å². The zero-order valence-corrected chi connectivity index (χ0v) is 9.41. The number of halogens is 4. The summed E-state index contributed by atoms with van der Waals surface area (Å²) < 4.78 is 37.2. The monoisotopic (exact) mass is 266 g/mol. The lowest BCUT2D eigenvalue weighted by Crippen LogP contribution is -2.06. The van der Waals surface area contributed by atoms with Crippen molar-refractivity contribution >= 4 is 15.9 Å². The summed E-state index contributed by atoms with van der Waals surface area (Å²) in [7, 11) is 0. The van der Waals surface area contributed by atoms with Gasteiger partial charge in [0.15, 0.2) is 0 Å². The van der Waals surface area contributed by atoms with Crippen LogP contribution in [0.1, 0.15) is 28.4 Å². The lowest BCUT2D eigenvalue weighted by molar-refractivity contribution is -0.137. The fourth-order valence-electron chi connectivity index (χ4n) is 1.21. The van der Waals surface area contributed by atoms with E-state index in [1.54, 1.807) is 19.9 Å². The highest BCUT2D eigenvalue weighted by Crippen LogP contribution is 2.33. The maximum absolute atomic E-state index is 12.4. The van der Waals surface area contributed by atoms with Crippen LogP contribution >= 0.6 is 15.9 Å². The van der Waals surface area contributed by atoms with Crippen LogP contribution in [0.4, 0.5) is 13.2 Å². The summed E-state index contributed by atoms with van der Waals surface area (Å²) in [6.07, 6.45) is -4.26. The second-order valence-corrected chi connectivity index (χ2v) is 4.62. The molecule has 1 rings (SSSR count). The Hall–Kier alpha value is -0.510. The van der Waals surface area contributed by atoms with Gasteiger partial charge in [0.25, 0.3) is 0 Å². The van der Waals surface area contributed by atoms with E-state index in [0.717, 1.165) is 6.07 Å². The fourth-order valence-corrected chi connectivity index (χ4v) is 1.47. The molecule has 0 fully saturated rings. The molecule has 0 bridgehead atoms. The molecule has 0 nitrogen and oxygen atoms in total. The minimum atomic E-state index is -4.26. The molecule has 0 aliphatic rings. The number of aryl methyl sites for hydroxylation is 1. The first kappa shape index (κ1) is 11.6. The summed E-state index contributed by atoms with van der Waals surface area (Å²) in [6.45, 7) is 3.46. The van der Waals surface area contributed by atoms with Crippen LogP contribution in [-0.2, 0) is 6.18 Å². The van der Waals surface area contributed by atoms with Crippen LogP contribution < -0.4 is 0 Å². The molecule has 78 valence electrons. The quantitative estimate of drug-likeness (QED) is 0.658.